The molecule has 3 heteroatoms. The largest absolute Gasteiger partial charge is 0.381 e. The smallest absolute Gasteiger partial charge is 0.0521 e. The number of hydrogen-bond donors (Lipinski definition) is 1. The van der Waals surface area contributed by atoms with Gasteiger partial charge in [-0.15, -0.1) is 0 Å². The van der Waals surface area contributed by atoms with Crippen LogP contribution in [0, 0.1) is 5.92 Å². The Bertz CT molecular complexity index is 420. The SMILES string of the molecule is CCNC1CCOCC1CN1CCc2ccccc2CC1. The molecule has 1 N–H and O–H groups in total. The molecule has 1 fully saturated rings. The molecule has 2 heterocycles. The average molecular weight is 288 g/mol. The molecule has 0 saturated carbocycles. The molecule has 1 aromatic rings. The first-order valence-corrected chi connectivity index (χ1v) is 8.47. The van der Waals surface area contributed by atoms with E-state index in [9.17, 15) is 0 Å². The van der Waals surface area contributed by atoms with Gasteiger partial charge in [0.2, 0.25) is 0 Å². The van der Waals surface area contributed by atoms with Crippen molar-refractivity contribution in [3.05, 3.63) is 35.4 Å². The minimum atomic E-state index is 0.634. The zero-order chi connectivity index (χ0) is 14.5. The zero-order valence-corrected chi connectivity index (χ0v) is 13.2. The van der Waals surface area contributed by atoms with Crippen molar-refractivity contribution in [3.8, 4) is 0 Å². The lowest BCUT2D eigenvalue weighted by Gasteiger charge is -2.35. The van der Waals surface area contributed by atoms with Gasteiger partial charge in [-0.25, -0.2) is 0 Å². The highest BCUT2D eigenvalue weighted by Crippen LogP contribution is 2.20. The molecular formula is C18H28N2O. The van der Waals surface area contributed by atoms with Gasteiger partial charge in [0.25, 0.3) is 0 Å². The van der Waals surface area contributed by atoms with Gasteiger partial charge in [0, 0.05) is 38.2 Å². The molecule has 2 atom stereocenters. The molecule has 0 aliphatic carbocycles. The third-order valence-electron chi connectivity index (χ3n) is 4.95. The van der Waals surface area contributed by atoms with Crippen LogP contribution in [0.5, 0.6) is 0 Å². The molecule has 0 spiro atoms. The Hall–Kier alpha value is -0.900. The first kappa shape index (κ1) is 15.0. The Morgan fingerprint density at radius 2 is 1.90 bits per heavy atom. The normalized spacial score (nSPS) is 27.1. The van der Waals surface area contributed by atoms with Crippen molar-refractivity contribution in [2.45, 2.75) is 32.2 Å². The summed E-state index contributed by atoms with van der Waals surface area (Å²) >= 11 is 0. The predicted molar refractivity (Wildman–Crippen MR) is 86.7 cm³/mol. The van der Waals surface area contributed by atoms with Gasteiger partial charge in [0.1, 0.15) is 0 Å². The highest BCUT2D eigenvalue weighted by atomic mass is 16.5. The molecule has 0 aromatic heterocycles. The first-order valence-electron chi connectivity index (χ1n) is 8.47. The minimum absolute atomic E-state index is 0.634. The lowest BCUT2D eigenvalue weighted by molar-refractivity contribution is 0.0175. The van der Waals surface area contributed by atoms with E-state index >= 15 is 0 Å². The number of fused-ring (bicyclic) bond motifs is 1. The predicted octanol–water partition coefficient (Wildman–Crippen LogP) is 2.10. The quantitative estimate of drug-likeness (QED) is 0.918. The zero-order valence-electron chi connectivity index (χ0n) is 13.2. The standard InChI is InChI=1S/C18H28N2O/c1-2-19-18-9-12-21-14-17(18)13-20-10-7-15-5-3-4-6-16(15)8-11-20/h3-6,17-19H,2,7-14H2,1H3. The maximum Gasteiger partial charge on any atom is 0.0521 e. The lowest BCUT2D eigenvalue weighted by atomic mass is 9.95. The second-order valence-electron chi connectivity index (χ2n) is 6.36. The first-order chi connectivity index (χ1) is 10.4. The van der Waals surface area contributed by atoms with Crippen LogP contribution in [0.4, 0.5) is 0 Å². The van der Waals surface area contributed by atoms with Crippen LogP contribution in [-0.4, -0.2) is 50.3 Å². The number of hydrogen-bond acceptors (Lipinski definition) is 3. The highest BCUT2D eigenvalue weighted by molar-refractivity contribution is 5.28. The fraction of sp³-hybridized carbons (Fsp3) is 0.667. The Kier molecular flexibility index (Phi) is 5.28. The van der Waals surface area contributed by atoms with Crippen molar-refractivity contribution in [3.63, 3.8) is 0 Å². The molecule has 0 radical (unpaired) electrons. The van der Waals surface area contributed by atoms with Crippen LogP contribution in [-0.2, 0) is 17.6 Å². The maximum absolute atomic E-state index is 5.73. The molecule has 0 amide bonds. The van der Waals surface area contributed by atoms with Gasteiger partial charge in [0.15, 0.2) is 0 Å². The average Bonchev–Trinajstić information content (AvgIpc) is 2.72. The molecule has 2 unspecified atom stereocenters. The summed E-state index contributed by atoms with van der Waals surface area (Å²) in [4.78, 5) is 2.64. The maximum atomic E-state index is 5.73. The summed E-state index contributed by atoms with van der Waals surface area (Å²) in [6.07, 6.45) is 3.54. The molecular weight excluding hydrogens is 260 g/mol. The van der Waals surface area contributed by atoms with Crippen LogP contribution in [0.15, 0.2) is 24.3 Å². The number of nitrogens with one attached hydrogen (secondary N) is 1. The molecule has 21 heavy (non-hydrogen) atoms. The molecule has 0 bridgehead atoms. The molecule has 2 aliphatic rings. The number of nitrogens with zero attached hydrogens (tertiary/aromatic N) is 1. The Morgan fingerprint density at radius 1 is 1.19 bits per heavy atom. The Labute approximate surface area is 128 Å². The van der Waals surface area contributed by atoms with E-state index < -0.39 is 0 Å². The van der Waals surface area contributed by atoms with E-state index in [1.54, 1.807) is 11.1 Å². The summed E-state index contributed by atoms with van der Waals surface area (Å²) in [5.41, 5.74) is 3.09. The second kappa shape index (κ2) is 7.39. The van der Waals surface area contributed by atoms with Gasteiger partial charge in [-0.2, -0.15) is 0 Å². The third kappa shape index (κ3) is 3.85. The Balaban J connectivity index is 1.58. The molecule has 1 aromatic carbocycles. The van der Waals surface area contributed by atoms with Crippen LogP contribution >= 0.6 is 0 Å². The van der Waals surface area contributed by atoms with Crippen molar-refractivity contribution in [1.82, 2.24) is 10.2 Å². The summed E-state index contributed by atoms with van der Waals surface area (Å²) in [7, 11) is 0. The minimum Gasteiger partial charge on any atom is -0.381 e. The van der Waals surface area contributed by atoms with E-state index in [0.29, 0.717) is 12.0 Å². The number of benzene rings is 1. The topological polar surface area (TPSA) is 24.5 Å². The van der Waals surface area contributed by atoms with Crippen LogP contribution in [0.25, 0.3) is 0 Å². The number of ether oxygens (including phenoxy) is 1. The second-order valence-corrected chi connectivity index (χ2v) is 6.36. The third-order valence-corrected chi connectivity index (χ3v) is 4.95. The van der Waals surface area contributed by atoms with Gasteiger partial charge in [-0.3, -0.25) is 0 Å². The van der Waals surface area contributed by atoms with E-state index in [0.717, 1.165) is 26.2 Å². The van der Waals surface area contributed by atoms with Gasteiger partial charge >= 0.3 is 0 Å². The highest BCUT2D eigenvalue weighted by Gasteiger charge is 2.27. The molecule has 116 valence electrons. The fourth-order valence-corrected chi connectivity index (χ4v) is 3.74. The van der Waals surface area contributed by atoms with Crippen molar-refractivity contribution >= 4 is 0 Å². The summed E-state index contributed by atoms with van der Waals surface area (Å²) in [6.45, 7) is 8.65. The van der Waals surface area contributed by atoms with Crippen LogP contribution in [0.3, 0.4) is 0 Å². The van der Waals surface area contributed by atoms with Crippen molar-refractivity contribution in [2.24, 2.45) is 5.92 Å². The van der Waals surface area contributed by atoms with Crippen LogP contribution < -0.4 is 5.32 Å². The summed E-state index contributed by atoms with van der Waals surface area (Å²) in [6, 6.07) is 9.57. The fourth-order valence-electron chi connectivity index (χ4n) is 3.74. The van der Waals surface area contributed by atoms with E-state index in [1.165, 1.54) is 32.5 Å². The van der Waals surface area contributed by atoms with E-state index in [4.69, 9.17) is 4.74 Å². The van der Waals surface area contributed by atoms with Gasteiger partial charge in [-0.1, -0.05) is 31.2 Å². The summed E-state index contributed by atoms with van der Waals surface area (Å²) < 4.78 is 5.73. The van der Waals surface area contributed by atoms with Crippen LogP contribution in [0.2, 0.25) is 0 Å². The van der Waals surface area contributed by atoms with Crippen molar-refractivity contribution in [1.29, 1.82) is 0 Å². The van der Waals surface area contributed by atoms with Crippen molar-refractivity contribution in [2.75, 3.05) is 39.4 Å². The molecule has 2 aliphatic heterocycles. The number of rotatable bonds is 4. The van der Waals surface area contributed by atoms with Crippen LogP contribution in [0.1, 0.15) is 24.5 Å². The lowest BCUT2D eigenvalue weighted by Crippen LogP contribution is -2.48. The van der Waals surface area contributed by atoms with Crippen molar-refractivity contribution < 1.29 is 4.74 Å². The van der Waals surface area contributed by atoms with E-state index in [1.807, 2.05) is 0 Å². The van der Waals surface area contributed by atoms with E-state index in [2.05, 4.69) is 41.4 Å². The van der Waals surface area contributed by atoms with Gasteiger partial charge in [0.05, 0.1) is 6.61 Å². The van der Waals surface area contributed by atoms with E-state index in [-0.39, 0.29) is 0 Å². The molecule has 3 rings (SSSR count). The molecule has 1 saturated heterocycles. The summed E-state index contributed by atoms with van der Waals surface area (Å²) in [5.74, 6) is 0.639. The molecule has 3 nitrogen and oxygen atoms in total. The van der Waals surface area contributed by atoms with Gasteiger partial charge in [-0.05, 0) is 36.9 Å². The monoisotopic (exact) mass is 288 g/mol. The van der Waals surface area contributed by atoms with Gasteiger partial charge < -0.3 is 15.0 Å². The summed E-state index contributed by atoms with van der Waals surface area (Å²) in [5, 5.41) is 3.65. The Morgan fingerprint density at radius 3 is 2.57 bits per heavy atom.